The van der Waals surface area contributed by atoms with Crippen LogP contribution in [-0.2, 0) is 11.3 Å². The predicted molar refractivity (Wildman–Crippen MR) is 136 cm³/mol. The van der Waals surface area contributed by atoms with E-state index in [1.165, 1.54) is 17.4 Å². The summed E-state index contributed by atoms with van der Waals surface area (Å²) in [6.07, 6.45) is 11.9. The molecule has 2 aromatic rings. The van der Waals surface area contributed by atoms with Gasteiger partial charge in [0.2, 0.25) is 0 Å². The minimum atomic E-state index is -0.906. The van der Waals surface area contributed by atoms with Crippen LogP contribution in [0.5, 0.6) is 0 Å². The topological polar surface area (TPSA) is 97.5 Å². The first kappa shape index (κ1) is 25.9. The number of rotatable bonds is 9. The molecule has 3 N–H and O–H groups in total. The summed E-state index contributed by atoms with van der Waals surface area (Å²) in [6.45, 7) is 3.17. The van der Waals surface area contributed by atoms with E-state index in [1.807, 2.05) is 0 Å². The Labute approximate surface area is 211 Å². The summed E-state index contributed by atoms with van der Waals surface area (Å²) < 4.78 is 9.08. The molecule has 0 bridgehead atoms. The van der Waals surface area contributed by atoms with Crippen LogP contribution in [0.4, 0.5) is 0 Å². The zero-order chi connectivity index (χ0) is 24.6. The summed E-state index contributed by atoms with van der Waals surface area (Å²) in [4.78, 5) is 25.9. The van der Waals surface area contributed by atoms with Gasteiger partial charge in [0.25, 0.3) is 5.91 Å². The average molecular weight is 505 g/mol. The Hall–Kier alpha value is -2.13. The average Bonchev–Trinajstić information content (AvgIpc) is 3.05. The minimum Gasteiger partial charge on any atom is -0.378 e. The SMILES string of the molecule is O=C(NC(O)C1CCCCCC1)c1cc(-n2ccn(CCCOC3CCNCC3)c2=O)ccc1Cl. The standard InChI is InChI=1S/C26H37ClN4O4/c27-23-9-8-20(18-22(23)25(33)29-24(32)19-6-3-1-2-4-7-19)31-16-15-30(26(31)34)14-5-17-35-21-10-12-28-13-11-21/h8-9,15-16,18-19,21,24,28,32H,1-7,10-14,17H2,(H,29,33). The molecule has 8 nitrogen and oxygen atoms in total. The molecule has 1 saturated heterocycles. The summed E-state index contributed by atoms with van der Waals surface area (Å²) in [7, 11) is 0. The molecule has 4 rings (SSSR count). The van der Waals surface area contributed by atoms with Crippen LogP contribution in [0.2, 0.25) is 5.02 Å². The lowest BCUT2D eigenvalue weighted by Gasteiger charge is -2.22. The van der Waals surface area contributed by atoms with E-state index in [2.05, 4.69) is 10.6 Å². The number of benzene rings is 1. The van der Waals surface area contributed by atoms with Crippen LogP contribution in [0, 0.1) is 5.92 Å². The lowest BCUT2D eigenvalue weighted by Crippen LogP contribution is -2.40. The smallest absolute Gasteiger partial charge is 0.332 e. The highest BCUT2D eigenvalue weighted by atomic mass is 35.5. The molecule has 1 aliphatic heterocycles. The molecule has 0 spiro atoms. The van der Waals surface area contributed by atoms with Gasteiger partial charge in [-0.05, 0) is 63.4 Å². The van der Waals surface area contributed by atoms with Gasteiger partial charge in [0.1, 0.15) is 6.23 Å². The fraction of sp³-hybridized carbons (Fsp3) is 0.615. The number of aryl methyl sites for hydroxylation is 1. The second-order valence-electron chi connectivity index (χ2n) is 9.65. The third-order valence-electron chi connectivity index (χ3n) is 7.13. The number of aromatic nitrogens is 2. The van der Waals surface area contributed by atoms with Gasteiger partial charge >= 0.3 is 5.69 Å². The molecule has 2 aliphatic rings. The number of hydrogen-bond acceptors (Lipinski definition) is 5. The largest absolute Gasteiger partial charge is 0.378 e. The van der Waals surface area contributed by atoms with Crippen molar-refractivity contribution < 1.29 is 14.6 Å². The molecule has 1 aliphatic carbocycles. The summed E-state index contributed by atoms with van der Waals surface area (Å²) in [5.74, 6) is -0.380. The van der Waals surface area contributed by atoms with E-state index in [-0.39, 0.29) is 22.2 Å². The molecule has 0 radical (unpaired) electrons. The Morgan fingerprint density at radius 3 is 2.63 bits per heavy atom. The quantitative estimate of drug-likeness (QED) is 0.276. The van der Waals surface area contributed by atoms with E-state index < -0.39 is 12.1 Å². The first-order valence-corrected chi connectivity index (χ1v) is 13.3. The fourth-order valence-electron chi connectivity index (χ4n) is 5.02. The molecule has 35 heavy (non-hydrogen) atoms. The maximum absolute atomic E-state index is 13.0. The number of piperidine rings is 1. The van der Waals surface area contributed by atoms with Crippen molar-refractivity contribution in [3.05, 3.63) is 51.7 Å². The molecule has 2 fully saturated rings. The van der Waals surface area contributed by atoms with Crippen LogP contribution >= 0.6 is 11.6 Å². The number of carbonyl (C=O) groups is 1. The molecule has 9 heteroatoms. The van der Waals surface area contributed by atoms with E-state index in [9.17, 15) is 14.7 Å². The lowest BCUT2D eigenvalue weighted by molar-refractivity contribution is 0.0300. The molecule has 1 saturated carbocycles. The Morgan fingerprint density at radius 1 is 1.14 bits per heavy atom. The summed E-state index contributed by atoms with van der Waals surface area (Å²) >= 11 is 6.31. The Bertz CT molecular complexity index is 1020. The number of ether oxygens (including phenoxy) is 1. The van der Waals surface area contributed by atoms with Gasteiger partial charge < -0.3 is 20.5 Å². The van der Waals surface area contributed by atoms with Gasteiger partial charge in [-0.1, -0.05) is 37.3 Å². The highest BCUT2D eigenvalue weighted by Gasteiger charge is 2.24. The minimum absolute atomic E-state index is 0.0545. The Balaban J connectivity index is 1.37. The lowest BCUT2D eigenvalue weighted by atomic mass is 9.98. The number of imidazole rings is 1. The molecule has 1 aromatic heterocycles. The maximum atomic E-state index is 13.0. The van der Waals surface area contributed by atoms with Crippen molar-refractivity contribution in [3.63, 3.8) is 0 Å². The molecule has 1 atom stereocenters. The van der Waals surface area contributed by atoms with Gasteiger partial charge in [0, 0.05) is 31.5 Å². The van der Waals surface area contributed by atoms with Gasteiger partial charge in [-0.3, -0.25) is 13.9 Å². The van der Waals surface area contributed by atoms with Crippen LogP contribution in [0.15, 0.2) is 35.4 Å². The number of amides is 1. The Kier molecular flexibility index (Phi) is 9.43. The van der Waals surface area contributed by atoms with E-state index in [0.29, 0.717) is 24.9 Å². The predicted octanol–water partition coefficient (Wildman–Crippen LogP) is 3.47. The van der Waals surface area contributed by atoms with Crippen molar-refractivity contribution in [2.45, 2.75) is 76.7 Å². The molecule has 2 heterocycles. The first-order valence-electron chi connectivity index (χ1n) is 12.9. The van der Waals surface area contributed by atoms with Crippen molar-refractivity contribution in [2.24, 2.45) is 5.92 Å². The number of halogens is 1. The number of aliphatic hydroxyl groups is 1. The van der Waals surface area contributed by atoms with E-state index in [0.717, 1.165) is 58.0 Å². The van der Waals surface area contributed by atoms with Gasteiger partial charge in [0.15, 0.2) is 0 Å². The number of hydrogen-bond donors (Lipinski definition) is 3. The number of nitrogens with zero attached hydrogens (tertiary/aromatic N) is 2. The van der Waals surface area contributed by atoms with Gasteiger partial charge in [0.05, 0.1) is 22.4 Å². The van der Waals surface area contributed by atoms with Crippen LogP contribution in [0.25, 0.3) is 5.69 Å². The Morgan fingerprint density at radius 2 is 1.89 bits per heavy atom. The normalized spacial score (nSPS) is 18.8. The monoisotopic (exact) mass is 504 g/mol. The fourth-order valence-corrected chi connectivity index (χ4v) is 5.22. The number of carbonyl (C=O) groups excluding carboxylic acids is 1. The van der Waals surface area contributed by atoms with Crippen molar-refractivity contribution in [1.82, 2.24) is 19.8 Å². The van der Waals surface area contributed by atoms with Gasteiger partial charge in [-0.15, -0.1) is 0 Å². The van der Waals surface area contributed by atoms with Crippen LogP contribution in [-0.4, -0.2) is 52.2 Å². The summed E-state index contributed by atoms with van der Waals surface area (Å²) in [5.41, 5.74) is 0.615. The van der Waals surface area contributed by atoms with Crippen LogP contribution < -0.4 is 16.3 Å². The summed E-state index contributed by atoms with van der Waals surface area (Å²) in [5, 5.41) is 16.9. The van der Waals surface area contributed by atoms with E-state index >= 15 is 0 Å². The second kappa shape index (κ2) is 12.7. The third-order valence-corrected chi connectivity index (χ3v) is 7.46. The van der Waals surface area contributed by atoms with Crippen LogP contribution in [0.3, 0.4) is 0 Å². The third kappa shape index (κ3) is 6.97. The molecular formula is C26H37ClN4O4. The highest BCUT2D eigenvalue weighted by Crippen LogP contribution is 2.26. The van der Waals surface area contributed by atoms with Crippen molar-refractivity contribution in [3.8, 4) is 5.69 Å². The van der Waals surface area contributed by atoms with Crippen LogP contribution in [0.1, 0.15) is 68.1 Å². The molecule has 1 aromatic carbocycles. The van der Waals surface area contributed by atoms with Crippen molar-refractivity contribution in [1.29, 1.82) is 0 Å². The second-order valence-corrected chi connectivity index (χ2v) is 10.1. The number of aliphatic hydroxyl groups excluding tert-OH is 1. The molecule has 1 amide bonds. The maximum Gasteiger partial charge on any atom is 0.332 e. The zero-order valence-corrected chi connectivity index (χ0v) is 21.0. The van der Waals surface area contributed by atoms with Crippen molar-refractivity contribution in [2.75, 3.05) is 19.7 Å². The van der Waals surface area contributed by atoms with E-state index in [1.54, 1.807) is 35.2 Å². The molecule has 1 unspecified atom stereocenters. The van der Waals surface area contributed by atoms with Crippen molar-refractivity contribution >= 4 is 17.5 Å². The molecule has 192 valence electrons. The summed E-state index contributed by atoms with van der Waals surface area (Å²) in [6, 6.07) is 4.93. The highest BCUT2D eigenvalue weighted by molar-refractivity contribution is 6.33. The first-order chi connectivity index (χ1) is 17.0. The number of nitrogens with one attached hydrogen (secondary N) is 2. The molecular weight excluding hydrogens is 468 g/mol. The van der Waals surface area contributed by atoms with Gasteiger partial charge in [-0.2, -0.15) is 0 Å². The zero-order valence-electron chi connectivity index (χ0n) is 20.3. The van der Waals surface area contributed by atoms with E-state index in [4.69, 9.17) is 16.3 Å². The van der Waals surface area contributed by atoms with Gasteiger partial charge in [-0.25, -0.2) is 4.79 Å².